The summed E-state index contributed by atoms with van der Waals surface area (Å²) in [5.74, 6) is 0.265. The van der Waals surface area contributed by atoms with Gasteiger partial charge >= 0.3 is 11.8 Å². The van der Waals surface area contributed by atoms with Gasteiger partial charge in [-0.25, -0.2) is 14.8 Å². The highest BCUT2D eigenvalue weighted by molar-refractivity contribution is 5.87. The minimum Gasteiger partial charge on any atom is -0.490 e. The molecule has 1 aromatic carbocycles. The molecular formula is C17H22N4O6. The van der Waals surface area contributed by atoms with E-state index in [0.29, 0.717) is 10.9 Å². The van der Waals surface area contributed by atoms with E-state index in [1.54, 1.807) is 27.7 Å². The van der Waals surface area contributed by atoms with Gasteiger partial charge in [0.05, 0.1) is 29.0 Å². The highest BCUT2D eigenvalue weighted by Crippen LogP contribution is 2.34. The molecule has 0 saturated heterocycles. The van der Waals surface area contributed by atoms with Gasteiger partial charge in [-0.3, -0.25) is 10.1 Å². The first-order valence-corrected chi connectivity index (χ1v) is 8.20. The molecule has 0 saturated carbocycles. The molecule has 1 amide bonds. The van der Waals surface area contributed by atoms with Crippen LogP contribution in [0.5, 0.6) is 11.6 Å². The van der Waals surface area contributed by atoms with Crippen molar-refractivity contribution in [3.05, 3.63) is 28.6 Å². The second kappa shape index (κ2) is 8.02. The zero-order valence-corrected chi connectivity index (χ0v) is 15.8. The first-order chi connectivity index (χ1) is 12.6. The van der Waals surface area contributed by atoms with E-state index in [4.69, 9.17) is 14.2 Å². The fourth-order valence-electron chi connectivity index (χ4n) is 2.22. The third-order valence-corrected chi connectivity index (χ3v) is 3.33. The first kappa shape index (κ1) is 20.1. The maximum absolute atomic E-state index is 11.8. The van der Waals surface area contributed by atoms with Crippen LogP contribution in [-0.2, 0) is 4.74 Å². The number of methoxy groups -OCH3 is 1. The summed E-state index contributed by atoms with van der Waals surface area (Å²) < 4.78 is 15.8. The van der Waals surface area contributed by atoms with Crippen LogP contribution in [0.15, 0.2) is 18.5 Å². The van der Waals surface area contributed by atoms with Crippen molar-refractivity contribution in [2.75, 3.05) is 13.7 Å². The lowest BCUT2D eigenvalue weighted by molar-refractivity contribution is -0.385. The molecule has 0 fully saturated rings. The number of carbonyl (C=O) groups is 1. The molecule has 10 heteroatoms. The summed E-state index contributed by atoms with van der Waals surface area (Å²) in [5.41, 5.74) is -0.384. The number of fused-ring (bicyclic) bond motifs is 1. The summed E-state index contributed by atoms with van der Waals surface area (Å²) in [5, 5.41) is 14.2. The van der Waals surface area contributed by atoms with Crippen molar-refractivity contribution in [1.82, 2.24) is 15.3 Å². The quantitative estimate of drug-likeness (QED) is 0.601. The van der Waals surface area contributed by atoms with Gasteiger partial charge in [0, 0.05) is 12.1 Å². The Morgan fingerprint density at radius 1 is 1.33 bits per heavy atom. The van der Waals surface area contributed by atoms with Gasteiger partial charge in [-0.2, -0.15) is 0 Å². The van der Waals surface area contributed by atoms with Crippen molar-refractivity contribution in [3.8, 4) is 11.6 Å². The molecule has 0 aliphatic heterocycles. The highest BCUT2D eigenvalue weighted by atomic mass is 16.6. The standard InChI is InChI=1S/C17H22N4O6/c1-10(20-16(22)27-17(2,3)4)8-26-15-11-6-13(21(23)24)14(25-5)7-12(11)18-9-19-15/h6-7,9-10H,8H2,1-5H3,(H,20,22)/t10-/m1/s1. The molecule has 0 aliphatic rings. The number of nitro benzene ring substituents is 1. The number of nitro groups is 1. The smallest absolute Gasteiger partial charge is 0.407 e. The average molecular weight is 378 g/mol. The largest absolute Gasteiger partial charge is 0.490 e. The minimum absolute atomic E-state index is 0.0885. The Bertz CT molecular complexity index is 849. The number of rotatable bonds is 6. The van der Waals surface area contributed by atoms with Crippen molar-refractivity contribution >= 4 is 22.7 Å². The van der Waals surface area contributed by atoms with Crippen LogP contribution in [0.4, 0.5) is 10.5 Å². The number of nitrogens with zero attached hydrogens (tertiary/aromatic N) is 3. The van der Waals surface area contributed by atoms with Crippen LogP contribution in [0.25, 0.3) is 10.9 Å². The summed E-state index contributed by atoms with van der Waals surface area (Å²) >= 11 is 0. The van der Waals surface area contributed by atoms with E-state index in [2.05, 4.69) is 15.3 Å². The van der Waals surface area contributed by atoms with E-state index in [1.165, 1.54) is 25.6 Å². The van der Waals surface area contributed by atoms with E-state index >= 15 is 0 Å². The second-order valence-corrected chi connectivity index (χ2v) is 6.84. The number of hydrogen-bond donors (Lipinski definition) is 1. The van der Waals surface area contributed by atoms with Crippen molar-refractivity contribution < 1.29 is 23.9 Å². The maximum atomic E-state index is 11.8. The Morgan fingerprint density at radius 2 is 2.04 bits per heavy atom. The molecule has 0 aliphatic carbocycles. The Morgan fingerprint density at radius 3 is 2.63 bits per heavy atom. The lowest BCUT2D eigenvalue weighted by atomic mass is 10.2. The molecular weight excluding hydrogens is 356 g/mol. The second-order valence-electron chi connectivity index (χ2n) is 6.84. The number of nitrogens with one attached hydrogen (secondary N) is 1. The van der Waals surface area contributed by atoms with Gasteiger partial charge in [0.2, 0.25) is 5.88 Å². The van der Waals surface area contributed by atoms with Gasteiger partial charge in [-0.1, -0.05) is 0 Å². The van der Waals surface area contributed by atoms with E-state index in [9.17, 15) is 14.9 Å². The maximum Gasteiger partial charge on any atom is 0.407 e. The Hall–Kier alpha value is -3.17. The number of benzene rings is 1. The topological polar surface area (TPSA) is 126 Å². The average Bonchev–Trinajstić information content (AvgIpc) is 2.56. The number of carbonyl (C=O) groups excluding carboxylic acids is 1. The molecule has 1 N–H and O–H groups in total. The van der Waals surface area contributed by atoms with Crippen LogP contribution in [0, 0.1) is 10.1 Å². The summed E-state index contributed by atoms with van der Waals surface area (Å²) in [6, 6.07) is 2.37. The predicted molar refractivity (Wildman–Crippen MR) is 97.1 cm³/mol. The van der Waals surface area contributed by atoms with Crippen molar-refractivity contribution in [3.63, 3.8) is 0 Å². The Labute approximate surface area is 156 Å². The van der Waals surface area contributed by atoms with Gasteiger partial charge in [0.1, 0.15) is 18.5 Å². The normalized spacial score (nSPS) is 12.3. The van der Waals surface area contributed by atoms with Crippen LogP contribution in [-0.4, -0.2) is 46.3 Å². The SMILES string of the molecule is COc1cc2ncnc(OC[C@@H](C)NC(=O)OC(C)(C)C)c2cc1[N+](=O)[O-]. The number of alkyl carbamates (subject to hydrolysis) is 1. The zero-order valence-electron chi connectivity index (χ0n) is 15.8. The monoisotopic (exact) mass is 378 g/mol. The zero-order chi connectivity index (χ0) is 20.2. The molecule has 2 aromatic rings. The van der Waals surface area contributed by atoms with Gasteiger partial charge in [-0.15, -0.1) is 0 Å². The van der Waals surface area contributed by atoms with Crippen LogP contribution < -0.4 is 14.8 Å². The fourth-order valence-corrected chi connectivity index (χ4v) is 2.22. The van der Waals surface area contributed by atoms with Crippen molar-refractivity contribution in [1.29, 1.82) is 0 Å². The third kappa shape index (κ3) is 5.40. The summed E-state index contributed by atoms with van der Waals surface area (Å²) in [4.78, 5) is 30.6. The van der Waals surface area contributed by atoms with Gasteiger partial charge in [0.25, 0.3) is 0 Å². The van der Waals surface area contributed by atoms with Crippen LogP contribution in [0.3, 0.4) is 0 Å². The number of amides is 1. The number of aromatic nitrogens is 2. The van der Waals surface area contributed by atoms with E-state index in [1.807, 2.05) is 0 Å². The highest BCUT2D eigenvalue weighted by Gasteiger charge is 2.20. The van der Waals surface area contributed by atoms with E-state index in [0.717, 1.165) is 0 Å². The third-order valence-electron chi connectivity index (χ3n) is 3.33. The predicted octanol–water partition coefficient (Wildman–Crippen LogP) is 2.84. The lowest BCUT2D eigenvalue weighted by Crippen LogP contribution is -2.40. The molecule has 1 atom stereocenters. The Balaban J connectivity index is 2.15. The molecule has 0 radical (unpaired) electrons. The summed E-state index contributed by atoms with van der Waals surface area (Å²) in [6.07, 6.45) is 0.723. The summed E-state index contributed by atoms with van der Waals surface area (Å²) in [7, 11) is 1.34. The van der Waals surface area contributed by atoms with Crippen LogP contribution in [0.2, 0.25) is 0 Å². The van der Waals surface area contributed by atoms with Crippen molar-refractivity contribution in [2.45, 2.75) is 39.3 Å². The first-order valence-electron chi connectivity index (χ1n) is 8.20. The minimum atomic E-state index is -0.606. The number of ether oxygens (including phenoxy) is 3. The molecule has 146 valence electrons. The van der Waals surface area contributed by atoms with E-state index in [-0.39, 0.29) is 30.0 Å². The molecule has 1 aromatic heterocycles. The van der Waals surface area contributed by atoms with Crippen LogP contribution >= 0.6 is 0 Å². The molecule has 0 unspecified atom stereocenters. The molecule has 1 heterocycles. The Kier molecular flexibility index (Phi) is 5.98. The molecule has 10 nitrogen and oxygen atoms in total. The number of hydrogen-bond acceptors (Lipinski definition) is 8. The fraction of sp³-hybridized carbons (Fsp3) is 0.471. The summed E-state index contributed by atoms with van der Waals surface area (Å²) in [6.45, 7) is 7.12. The van der Waals surface area contributed by atoms with Gasteiger partial charge in [-0.05, 0) is 27.7 Å². The van der Waals surface area contributed by atoms with E-state index < -0.39 is 16.6 Å². The molecule has 0 bridgehead atoms. The van der Waals surface area contributed by atoms with Crippen molar-refractivity contribution in [2.24, 2.45) is 0 Å². The van der Waals surface area contributed by atoms with Crippen LogP contribution in [0.1, 0.15) is 27.7 Å². The van der Waals surface area contributed by atoms with Gasteiger partial charge < -0.3 is 19.5 Å². The molecule has 2 rings (SSSR count). The molecule has 27 heavy (non-hydrogen) atoms. The lowest BCUT2D eigenvalue weighted by Gasteiger charge is -2.22. The van der Waals surface area contributed by atoms with Gasteiger partial charge in [0.15, 0.2) is 5.75 Å². The molecule has 0 spiro atoms.